The van der Waals surface area contributed by atoms with E-state index in [4.69, 9.17) is 18.3 Å². The number of hydrogen-bond donors (Lipinski definition) is 0. The van der Waals surface area contributed by atoms with E-state index in [0.717, 1.165) is 29.1 Å². The quantitative estimate of drug-likeness (QED) is 0.682. The van der Waals surface area contributed by atoms with Crippen molar-refractivity contribution < 1.29 is 18.3 Å². The fourth-order valence-electron chi connectivity index (χ4n) is 2.08. The van der Waals surface area contributed by atoms with Gasteiger partial charge in [-0.15, -0.1) is 0 Å². The lowest BCUT2D eigenvalue weighted by Crippen LogP contribution is -2.03. The third kappa shape index (κ3) is 2.06. The standard InChI is InChI=1S/C15H13NO4/c1-9-6-16-15(19-9)14-5-11-12(18-8-10-7-17-10)3-2-4-13(11)20-14/h2-6,10H,7-8H2,1H3/t10-/m0/s1. The van der Waals surface area contributed by atoms with Crippen LogP contribution in [0.5, 0.6) is 5.75 Å². The van der Waals surface area contributed by atoms with Gasteiger partial charge in [-0.25, -0.2) is 4.98 Å². The molecule has 0 unspecified atom stereocenters. The minimum Gasteiger partial charge on any atom is -0.490 e. The molecule has 3 heterocycles. The van der Waals surface area contributed by atoms with E-state index >= 15 is 0 Å². The Morgan fingerprint density at radius 1 is 1.35 bits per heavy atom. The number of nitrogens with zero attached hydrogens (tertiary/aromatic N) is 1. The number of rotatable bonds is 4. The van der Waals surface area contributed by atoms with E-state index < -0.39 is 0 Å². The van der Waals surface area contributed by atoms with Crippen molar-refractivity contribution in [2.45, 2.75) is 13.0 Å². The first-order chi connectivity index (χ1) is 9.79. The average Bonchev–Trinajstić information content (AvgIpc) is 3.00. The molecule has 4 rings (SSSR count). The largest absolute Gasteiger partial charge is 0.490 e. The van der Waals surface area contributed by atoms with Crippen molar-refractivity contribution in [2.75, 3.05) is 13.2 Å². The predicted octanol–water partition coefficient (Wildman–Crippen LogP) is 3.17. The van der Waals surface area contributed by atoms with Crippen LogP contribution in [-0.4, -0.2) is 24.3 Å². The molecule has 0 N–H and O–H groups in total. The Labute approximate surface area is 115 Å². The van der Waals surface area contributed by atoms with E-state index in [9.17, 15) is 0 Å². The number of benzene rings is 1. The van der Waals surface area contributed by atoms with E-state index in [1.165, 1.54) is 0 Å². The molecule has 1 aliphatic heterocycles. The molecule has 20 heavy (non-hydrogen) atoms. The molecule has 1 aliphatic rings. The highest BCUT2D eigenvalue weighted by Gasteiger charge is 2.23. The topological polar surface area (TPSA) is 60.9 Å². The summed E-state index contributed by atoms with van der Waals surface area (Å²) in [6.07, 6.45) is 1.90. The Bertz CT molecular complexity index is 754. The van der Waals surface area contributed by atoms with Gasteiger partial charge in [-0.2, -0.15) is 0 Å². The van der Waals surface area contributed by atoms with Crippen LogP contribution in [0, 0.1) is 6.92 Å². The molecule has 0 saturated carbocycles. The Balaban J connectivity index is 1.72. The van der Waals surface area contributed by atoms with Crippen LogP contribution in [0.3, 0.4) is 0 Å². The van der Waals surface area contributed by atoms with E-state index in [1.807, 2.05) is 31.2 Å². The van der Waals surface area contributed by atoms with Crippen molar-refractivity contribution in [2.24, 2.45) is 0 Å². The zero-order valence-corrected chi connectivity index (χ0v) is 11.0. The van der Waals surface area contributed by atoms with E-state index in [-0.39, 0.29) is 6.10 Å². The summed E-state index contributed by atoms with van der Waals surface area (Å²) in [5.74, 6) is 2.63. The van der Waals surface area contributed by atoms with Crippen LogP contribution < -0.4 is 4.74 Å². The summed E-state index contributed by atoms with van der Waals surface area (Å²) in [7, 11) is 0. The lowest BCUT2D eigenvalue weighted by molar-refractivity contribution is 0.265. The van der Waals surface area contributed by atoms with E-state index in [1.54, 1.807) is 6.20 Å². The highest BCUT2D eigenvalue weighted by Crippen LogP contribution is 2.33. The third-order valence-corrected chi connectivity index (χ3v) is 3.18. The summed E-state index contributed by atoms with van der Waals surface area (Å²) in [5, 5.41) is 0.916. The first-order valence-corrected chi connectivity index (χ1v) is 6.49. The normalized spacial score (nSPS) is 17.6. The summed E-state index contributed by atoms with van der Waals surface area (Å²) < 4.78 is 22.2. The van der Waals surface area contributed by atoms with Crippen LogP contribution in [0.4, 0.5) is 0 Å². The van der Waals surface area contributed by atoms with Crippen molar-refractivity contribution in [3.63, 3.8) is 0 Å². The van der Waals surface area contributed by atoms with Crippen LogP contribution in [0.2, 0.25) is 0 Å². The number of aromatic nitrogens is 1. The fourth-order valence-corrected chi connectivity index (χ4v) is 2.08. The summed E-state index contributed by atoms with van der Waals surface area (Å²) in [5.41, 5.74) is 0.755. The van der Waals surface area contributed by atoms with E-state index in [0.29, 0.717) is 18.3 Å². The highest BCUT2D eigenvalue weighted by molar-refractivity contribution is 5.87. The Hall–Kier alpha value is -2.27. The van der Waals surface area contributed by atoms with Gasteiger partial charge in [0.15, 0.2) is 5.76 Å². The Kier molecular flexibility index (Phi) is 2.53. The lowest BCUT2D eigenvalue weighted by Gasteiger charge is -2.04. The SMILES string of the molecule is Cc1cnc(-c2cc3c(OC[C@@H]4CO4)cccc3o2)o1. The van der Waals surface area contributed by atoms with Gasteiger partial charge in [0.1, 0.15) is 29.8 Å². The van der Waals surface area contributed by atoms with Gasteiger partial charge in [-0.3, -0.25) is 0 Å². The number of ether oxygens (including phenoxy) is 2. The summed E-state index contributed by atoms with van der Waals surface area (Å²) in [6.45, 7) is 3.20. The second kappa shape index (κ2) is 4.38. The molecular weight excluding hydrogens is 258 g/mol. The van der Waals surface area contributed by atoms with Crippen LogP contribution in [0.15, 0.2) is 39.3 Å². The third-order valence-electron chi connectivity index (χ3n) is 3.18. The smallest absolute Gasteiger partial charge is 0.263 e. The molecule has 0 radical (unpaired) electrons. The highest BCUT2D eigenvalue weighted by atomic mass is 16.6. The minimum atomic E-state index is 0.228. The van der Waals surface area contributed by atoms with Crippen LogP contribution in [0.1, 0.15) is 5.76 Å². The summed E-state index contributed by atoms with van der Waals surface area (Å²) in [6, 6.07) is 7.61. The monoisotopic (exact) mass is 271 g/mol. The zero-order chi connectivity index (χ0) is 13.5. The van der Waals surface area contributed by atoms with Gasteiger partial charge in [0, 0.05) is 6.07 Å². The molecule has 1 saturated heterocycles. The van der Waals surface area contributed by atoms with Crippen molar-refractivity contribution in [3.8, 4) is 17.4 Å². The summed E-state index contributed by atoms with van der Waals surface area (Å²) in [4.78, 5) is 4.17. The number of hydrogen-bond acceptors (Lipinski definition) is 5. The predicted molar refractivity (Wildman–Crippen MR) is 71.7 cm³/mol. The lowest BCUT2D eigenvalue weighted by atomic mass is 10.2. The van der Waals surface area contributed by atoms with Gasteiger partial charge in [-0.1, -0.05) is 6.07 Å². The van der Waals surface area contributed by atoms with Gasteiger partial charge in [-0.05, 0) is 19.1 Å². The molecule has 1 fully saturated rings. The number of furan rings is 1. The molecule has 1 aromatic carbocycles. The molecule has 3 aromatic rings. The molecule has 0 amide bonds. The molecule has 0 spiro atoms. The molecule has 0 aliphatic carbocycles. The van der Waals surface area contributed by atoms with Gasteiger partial charge in [0.05, 0.1) is 18.2 Å². The van der Waals surface area contributed by atoms with E-state index in [2.05, 4.69) is 4.98 Å². The minimum absolute atomic E-state index is 0.228. The van der Waals surface area contributed by atoms with Gasteiger partial charge < -0.3 is 18.3 Å². The van der Waals surface area contributed by atoms with Crippen molar-refractivity contribution >= 4 is 11.0 Å². The molecule has 102 valence electrons. The van der Waals surface area contributed by atoms with Gasteiger partial charge >= 0.3 is 0 Å². The average molecular weight is 271 g/mol. The second-order valence-electron chi connectivity index (χ2n) is 4.82. The maximum atomic E-state index is 5.76. The zero-order valence-electron chi connectivity index (χ0n) is 11.0. The Morgan fingerprint density at radius 3 is 3.00 bits per heavy atom. The second-order valence-corrected chi connectivity index (χ2v) is 4.82. The molecule has 1 atom stereocenters. The fraction of sp³-hybridized carbons (Fsp3) is 0.267. The van der Waals surface area contributed by atoms with Crippen molar-refractivity contribution in [3.05, 3.63) is 36.2 Å². The first-order valence-electron chi connectivity index (χ1n) is 6.49. The molecular formula is C15H13NO4. The first kappa shape index (κ1) is 11.5. The number of epoxide rings is 1. The molecule has 5 heteroatoms. The number of oxazole rings is 1. The van der Waals surface area contributed by atoms with Crippen molar-refractivity contribution in [1.82, 2.24) is 4.98 Å². The maximum absolute atomic E-state index is 5.76. The Morgan fingerprint density at radius 2 is 2.25 bits per heavy atom. The van der Waals surface area contributed by atoms with Crippen molar-refractivity contribution in [1.29, 1.82) is 0 Å². The van der Waals surface area contributed by atoms with Crippen LogP contribution >= 0.6 is 0 Å². The van der Waals surface area contributed by atoms with Gasteiger partial charge in [0.2, 0.25) is 0 Å². The van der Waals surface area contributed by atoms with Crippen LogP contribution in [0.25, 0.3) is 22.6 Å². The van der Waals surface area contributed by atoms with Gasteiger partial charge in [0.25, 0.3) is 5.89 Å². The molecule has 2 aromatic heterocycles. The number of fused-ring (bicyclic) bond motifs is 1. The summed E-state index contributed by atoms with van der Waals surface area (Å²) >= 11 is 0. The molecule has 5 nitrogen and oxygen atoms in total. The molecule has 0 bridgehead atoms. The maximum Gasteiger partial charge on any atom is 0.263 e. The number of aryl methyl sites for hydroxylation is 1. The van der Waals surface area contributed by atoms with Crippen LogP contribution in [-0.2, 0) is 4.74 Å².